The fourth-order valence-corrected chi connectivity index (χ4v) is 1.46. The number of hydrogen-bond donors (Lipinski definition) is 3. The number of oxime groups is 1. The molecule has 1 unspecified atom stereocenters. The molecule has 19 heavy (non-hydrogen) atoms. The molecule has 4 nitrogen and oxygen atoms in total. The summed E-state index contributed by atoms with van der Waals surface area (Å²) in [6.45, 7) is -0.766. The Bertz CT molecular complexity index is 478. The van der Waals surface area contributed by atoms with Gasteiger partial charge in [-0.15, -0.1) is 0 Å². The molecule has 1 atom stereocenters. The minimum absolute atomic E-state index is 0.117. The van der Waals surface area contributed by atoms with Gasteiger partial charge in [0.25, 0.3) is 0 Å². The maximum atomic E-state index is 13.3. The number of rotatable bonds is 4. The van der Waals surface area contributed by atoms with Crippen LogP contribution in [0.1, 0.15) is 0 Å². The maximum Gasteiger partial charge on any atom is 0.400 e. The van der Waals surface area contributed by atoms with E-state index in [2.05, 4.69) is 10.5 Å². The molecule has 0 bridgehead atoms. The monoisotopic (exact) mass is 299 g/mol. The van der Waals surface area contributed by atoms with Crippen LogP contribution in [0.2, 0.25) is 5.02 Å². The predicted molar refractivity (Wildman–Crippen MR) is 62.9 cm³/mol. The van der Waals surface area contributed by atoms with Crippen LogP contribution in [0, 0.1) is 11.7 Å². The molecule has 0 aliphatic carbocycles. The zero-order valence-corrected chi connectivity index (χ0v) is 10.1. The lowest BCUT2D eigenvalue weighted by Crippen LogP contribution is -2.40. The van der Waals surface area contributed by atoms with Crippen molar-refractivity contribution in [3.63, 3.8) is 0 Å². The molecule has 9 heteroatoms. The highest BCUT2D eigenvalue weighted by Crippen LogP contribution is 2.27. The highest BCUT2D eigenvalue weighted by molar-refractivity contribution is 6.30. The molecule has 0 saturated heterocycles. The van der Waals surface area contributed by atoms with Crippen LogP contribution in [-0.2, 0) is 0 Å². The average molecular weight is 300 g/mol. The fraction of sp³-hybridized carbons (Fsp3) is 0.300. The van der Waals surface area contributed by atoms with Crippen molar-refractivity contribution < 1.29 is 22.8 Å². The number of hydrogen-bond acceptors (Lipinski definition) is 3. The van der Waals surface area contributed by atoms with E-state index in [0.717, 1.165) is 6.07 Å². The number of amidine groups is 1. The zero-order chi connectivity index (χ0) is 14.6. The third-order valence-corrected chi connectivity index (χ3v) is 2.53. The Morgan fingerprint density at radius 3 is 2.58 bits per heavy atom. The Hall–Kier alpha value is -1.70. The van der Waals surface area contributed by atoms with Crippen LogP contribution < -0.4 is 11.1 Å². The van der Waals surface area contributed by atoms with Crippen LogP contribution in [-0.4, -0.2) is 23.8 Å². The molecule has 0 aliphatic heterocycles. The summed E-state index contributed by atoms with van der Waals surface area (Å²) in [7, 11) is 0. The molecular formula is C10H10ClF4N3O. The molecule has 0 heterocycles. The van der Waals surface area contributed by atoms with Crippen LogP contribution in [0.5, 0.6) is 0 Å². The van der Waals surface area contributed by atoms with E-state index in [1.54, 1.807) is 0 Å². The van der Waals surface area contributed by atoms with Gasteiger partial charge in [0.05, 0.1) is 5.69 Å². The lowest BCUT2D eigenvalue weighted by molar-refractivity contribution is -0.152. The number of nitrogens with two attached hydrogens (primary N) is 1. The van der Waals surface area contributed by atoms with E-state index in [0.29, 0.717) is 0 Å². The van der Waals surface area contributed by atoms with E-state index in [-0.39, 0.29) is 10.7 Å². The van der Waals surface area contributed by atoms with Gasteiger partial charge in [0, 0.05) is 11.6 Å². The van der Waals surface area contributed by atoms with Crippen LogP contribution in [0.25, 0.3) is 0 Å². The van der Waals surface area contributed by atoms with Gasteiger partial charge in [-0.05, 0) is 18.2 Å². The molecule has 0 spiro atoms. The third-order valence-electron chi connectivity index (χ3n) is 2.30. The minimum Gasteiger partial charge on any atom is -0.409 e. The topological polar surface area (TPSA) is 70.6 Å². The molecular weight excluding hydrogens is 290 g/mol. The first-order chi connectivity index (χ1) is 8.75. The number of benzene rings is 1. The SMILES string of the molecule is N/C(=N/O)C(CNc1ccc(Cl)cc1F)C(F)(F)F. The van der Waals surface area contributed by atoms with Crippen molar-refractivity contribution in [2.24, 2.45) is 16.8 Å². The highest BCUT2D eigenvalue weighted by atomic mass is 35.5. The van der Waals surface area contributed by atoms with Crippen LogP contribution in [0.3, 0.4) is 0 Å². The summed E-state index contributed by atoms with van der Waals surface area (Å²) >= 11 is 5.51. The van der Waals surface area contributed by atoms with Gasteiger partial charge in [-0.1, -0.05) is 16.8 Å². The second kappa shape index (κ2) is 5.96. The minimum atomic E-state index is -4.72. The van der Waals surface area contributed by atoms with Crippen LogP contribution in [0.15, 0.2) is 23.4 Å². The van der Waals surface area contributed by atoms with E-state index in [1.807, 2.05) is 0 Å². The normalized spacial score (nSPS) is 14.3. The molecule has 1 aromatic rings. The first kappa shape index (κ1) is 15.4. The summed E-state index contributed by atoms with van der Waals surface area (Å²) in [5, 5.41) is 13.0. The second-order valence-electron chi connectivity index (χ2n) is 3.62. The average Bonchev–Trinajstić information content (AvgIpc) is 2.29. The number of anilines is 1. The number of nitrogens with zero attached hydrogens (tertiary/aromatic N) is 1. The van der Waals surface area contributed by atoms with Crippen molar-refractivity contribution in [3.05, 3.63) is 29.0 Å². The zero-order valence-electron chi connectivity index (χ0n) is 9.38. The first-order valence-electron chi connectivity index (χ1n) is 4.98. The van der Waals surface area contributed by atoms with Gasteiger partial charge in [0.1, 0.15) is 11.7 Å². The van der Waals surface area contributed by atoms with Gasteiger partial charge in [0.2, 0.25) is 0 Å². The van der Waals surface area contributed by atoms with Gasteiger partial charge in [-0.25, -0.2) is 4.39 Å². The summed E-state index contributed by atoms with van der Waals surface area (Å²) in [6, 6.07) is 3.46. The lowest BCUT2D eigenvalue weighted by Gasteiger charge is -2.20. The van der Waals surface area contributed by atoms with E-state index < -0.39 is 30.3 Å². The first-order valence-corrected chi connectivity index (χ1v) is 5.36. The van der Waals surface area contributed by atoms with E-state index in [4.69, 9.17) is 22.5 Å². The molecule has 1 rings (SSSR count). The molecule has 106 valence electrons. The van der Waals surface area contributed by atoms with Crippen molar-refractivity contribution in [1.29, 1.82) is 0 Å². The van der Waals surface area contributed by atoms with Crippen molar-refractivity contribution in [2.75, 3.05) is 11.9 Å². The summed E-state index contributed by atoms with van der Waals surface area (Å²) in [5.41, 5.74) is 4.79. The molecule has 0 aromatic heterocycles. The molecule has 1 aromatic carbocycles. The van der Waals surface area contributed by atoms with Crippen LogP contribution in [0.4, 0.5) is 23.2 Å². The van der Waals surface area contributed by atoms with Gasteiger partial charge in [-0.3, -0.25) is 0 Å². The molecule has 0 saturated carbocycles. The Balaban J connectivity index is 2.82. The molecule has 0 radical (unpaired) electrons. The fourth-order valence-electron chi connectivity index (χ4n) is 1.30. The van der Waals surface area contributed by atoms with Gasteiger partial charge in [-0.2, -0.15) is 13.2 Å². The predicted octanol–water partition coefficient (Wildman–Crippen LogP) is 2.82. The Labute approximate surface area is 110 Å². The number of nitrogens with one attached hydrogen (secondary N) is 1. The van der Waals surface area contributed by atoms with Crippen LogP contribution >= 0.6 is 11.6 Å². The van der Waals surface area contributed by atoms with Crippen molar-refractivity contribution >= 4 is 23.1 Å². The maximum absolute atomic E-state index is 13.3. The largest absolute Gasteiger partial charge is 0.409 e. The quantitative estimate of drug-likeness (QED) is 0.263. The summed E-state index contributed by atoms with van der Waals surface area (Å²) < 4.78 is 51.1. The molecule has 0 fully saturated rings. The molecule has 0 aliphatic rings. The lowest BCUT2D eigenvalue weighted by atomic mass is 10.1. The van der Waals surface area contributed by atoms with Crippen molar-refractivity contribution in [3.8, 4) is 0 Å². The van der Waals surface area contributed by atoms with E-state index in [9.17, 15) is 17.6 Å². The number of alkyl halides is 3. The van der Waals surface area contributed by atoms with Gasteiger partial charge in [0.15, 0.2) is 5.84 Å². The summed E-state index contributed by atoms with van der Waals surface area (Å²) in [5.74, 6) is -4.03. The van der Waals surface area contributed by atoms with Crippen molar-refractivity contribution in [1.82, 2.24) is 0 Å². The molecule has 0 amide bonds. The third kappa shape index (κ3) is 4.16. The smallest absolute Gasteiger partial charge is 0.400 e. The van der Waals surface area contributed by atoms with E-state index >= 15 is 0 Å². The summed E-state index contributed by atoms with van der Waals surface area (Å²) in [6.07, 6.45) is -4.72. The van der Waals surface area contributed by atoms with Gasteiger partial charge >= 0.3 is 6.18 Å². The van der Waals surface area contributed by atoms with Crippen molar-refractivity contribution in [2.45, 2.75) is 6.18 Å². The highest BCUT2D eigenvalue weighted by Gasteiger charge is 2.42. The van der Waals surface area contributed by atoms with Gasteiger partial charge < -0.3 is 16.3 Å². The second-order valence-corrected chi connectivity index (χ2v) is 4.06. The Morgan fingerprint density at radius 2 is 2.11 bits per heavy atom. The Morgan fingerprint density at radius 1 is 1.47 bits per heavy atom. The standard InChI is InChI=1S/C10H10ClF4N3O/c11-5-1-2-8(7(12)3-5)17-4-6(9(16)18-19)10(13,14)15/h1-3,6,17,19H,4H2,(H2,16,18). The summed E-state index contributed by atoms with van der Waals surface area (Å²) in [4.78, 5) is 0. The molecule has 4 N–H and O–H groups in total. The number of halogens is 5. The van der Waals surface area contributed by atoms with E-state index in [1.165, 1.54) is 12.1 Å². The Kier molecular flexibility index (Phi) is 4.82.